The fourth-order valence-corrected chi connectivity index (χ4v) is 5.57. The van der Waals surface area contributed by atoms with Crippen LogP contribution >= 0.6 is 0 Å². The number of ether oxygens (including phenoxy) is 6. The van der Waals surface area contributed by atoms with Gasteiger partial charge in [-0.05, 0) is 53.5 Å². The van der Waals surface area contributed by atoms with Gasteiger partial charge in [0, 0.05) is 17.4 Å². The van der Waals surface area contributed by atoms with Crippen LogP contribution in [0, 0.1) is 0 Å². The third-order valence-corrected chi connectivity index (χ3v) is 12.2. The Kier molecular flexibility index (Phi) is 9.76. The molecule has 0 N–H and O–H groups in total. The second-order valence-corrected chi connectivity index (χ2v) is 16.4. The minimum absolute atomic E-state index is 0.101. The predicted molar refractivity (Wildman–Crippen MR) is 153 cm³/mol. The number of rotatable bonds is 9. The second-order valence-electron chi connectivity index (χ2n) is 11.7. The number of hydrogen-bond acceptors (Lipinski definition) is 9. The van der Waals surface area contributed by atoms with Gasteiger partial charge in [-0.2, -0.15) is 0 Å². The Bertz CT molecular complexity index is 1230. The molecule has 2 saturated heterocycles. The van der Waals surface area contributed by atoms with Crippen molar-refractivity contribution in [3.8, 4) is 11.5 Å². The number of methoxy groups -OCH3 is 1. The molecule has 0 aliphatic carbocycles. The SMILES string of the molecule is COc1ccc(CO[C@@H]2[C@@H](N=[N+]=[N-])[C@H](O[Si](C)(C)C(C)(C)C)O[C@@H]3CO[C@@H](c4ccc(OC(C)=O)cc4)O[C@@H]23)cc1. The molecule has 0 spiro atoms. The summed E-state index contributed by atoms with van der Waals surface area (Å²) in [5.74, 6) is 0.760. The maximum absolute atomic E-state index is 11.3. The monoisotopic (exact) mass is 585 g/mol. The van der Waals surface area contributed by atoms with Crippen LogP contribution in [-0.4, -0.2) is 58.6 Å². The number of esters is 1. The molecule has 41 heavy (non-hydrogen) atoms. The topological polar surface area (TPSA) is 130 Å². The molecule has 0 amide bonds. The Morgan fingerprint density at radius 3 is 2.32 bits per heavy atom. The van der Waals surface area contributed by atoms with Crippen molar-refractivity contribution in [1.29, 1.82) is 0 Å². The highest BCUT2D eigenvalue weighted by atomic mass is 28.4. The second kappa shape index (κ2) is 12.9. The first kappa shape index (κ1) is 31.0. The number of azide groups is 1. The number of nitrogens with zero attached hydrogens (tertiary/aromatic N) is 3. The molecule has 2 aromatic rings. The fourth-order valence-electron chi connectivity index (χ4n) is 4.44. The first-order chi connectivity index (χ1) is 19.4. The molecule has 0 radical (unpaired) electrons. The van der Waals surface area contributed by atoms with Gasteiger partial charge in [0.1, 0.15) is 35.9 Å². The van der Waals surface area contributed by atoms with Crippen molar-refractivity contribution in [3.05, 3.63) is 70.1 Å². The highest BCUT2D eigenvalue weighted by Crippen LogP contribution is 2.42. The highest BCUT2D eigenvalue weighted by Gasteiger charge is 2.53. The molecule has 2 fully saturated rings. The van der Waals surface area contributed by atoms with E-state index in [0.717, 1.165) is 16.9 Å². The van der Waals surface area contributed by atoms with Crippen LogP contribution in [0.4, 0.5) is 0 Å². The molecule has 2 aliphatic heterocycles. The Morgan fingerprint density at radius 1 is 1.07 bits per heavy atom. The van der Waals surface area contributed by atoms with Gasteiger partial charge in [0.15, 0.2) is 20.9 Å². The molecule has 4 rings (SSSR count). The summed E-state index contributed by atoms with van der Waals surface area (Å²) in [6, 6.07) is 13.6. The van der Waals surface area contributed by atoms with Gasteiger partial charge in [-0.1, -0.05) is 50.2 Å². The molecule has 12 heteroatoms. The van der Waals surface area contributed by atoms with E-state index in [9.17, 15) is 10.3 Å². The van der Waals surface area contributed by atoms with Gasteiger partial charge in [0.25, 0.3) is 0 Å². The number of hydrogen-bond donors (Lipinski definition) is 0. The molecule has 0 bridgehead atoms. The zero-order valence-electron chi connectivity index (χ0n) is 24.6. The summed E-state index contributed by atoms with van der Waals surface area (Å²) in [6.07, 6.45) is -3.39. The van der Waals surface area contributed by atoms with E-state index in [4.69, 9.17) is 32.8 Å². The highest BCUT2D eigenvalue weighted by molar-refractivity contribution is 6.74. The van der Waals surface area contributed by atoms with Crippen LogP contribution < -0.4 is 9.47 Å². The van der Waals surface area contributed by atoms with E-state index in [1.54, 1.807) is 31.4 Å². The summed E-state index contributed by atoms with van der Waals surface area (Å²) in [7, 11) is -0.711. The van der Waals surface area contributed by atoms with E-state index in [0.29, 0.717) is 5.75 Å². The molecule has 222 valence electrons. The van der Waals surface area contributed by atoms with Gasteiger partial charge in [-0.15, -0.1) is 0 Å². The summed E-state index contributed by atoms with van der Waals surface area (Å²) < 4.78 is 42.4. The summed E-state index contributed by atoms with van der Waals surface area (Å²) in [4.78, 5) is 14.4. The van der Waals surface area contributed by atoms with Gasteiger partial charge in [-0.3, -0.25) is 4.79 Å². The van der Waals surface area contributed by atoms with Gasteiger partial charge in [-0.25, -0.2) is 0 Å². The predicted octanol–water partition coefficient (Wildman–Crippen LogP) is 6.05. The normalized spacial score (nSPS) is 26.4. The Morgan fingerprint density at radius 2 is 1.73 bits per heavy atom. The standard InChI is InChI=1S/C29H39N3O8Si/c1-18(33)37-22-14-10-20(11-15-22)27-36-17-23-25(39-27)26(35-16-19-8-12-21(34-5)13-9-19)24(31-32-30)28(38-23)40-41(6,7)29(2,3)4/h8-15,23-28H,16-17H2,1-7H3/t23-,24-,25-,26-,27-,28+/m1/s1. The van der Waals surface area contributed by atoms with Crippen molar-refractivity contribution >= 4 is 14.3 Å². The molecule has 0 saturated carbocycles. The van der Waals surface area contributed by atoms with E-state index in [2.05, 4.69) is 43.9 Å². The van der Waals surface area contributed by atoms with Crippen molar-refractivity contribution in [2.45, 2.75) is 89.4 Å². The number of fused-ring (bicyclic) bond motifs is 1. The first-order valence-corrected chi connectivity index (χ1v) is 16.5. The van der Waals surface area contributed by atoms with Crippen LogP contribution in [0.3, 0.4) is 0 Å². The van der Waals surface area contributed by atoms with Gasteiger partial charge >= 0.3 is 5.97 Å². The lowest BCUT2D eigenvalue weighted by molar-refractivity contribution is -0.338. The molecular weight excluding hydrogens is 546 g/mol. The number of carbonyl (C=O) groups excluding carboxylic acids is 1. The Labute approximate surface area is 241 Å². The van der Waals surface area contributed by atoms with Crippen LogP contribution in [0.1, 0.15) is 45.1 Å². The number of benzene rings is 2. The van der Waals surface area contributed by atoms with Gasteiger partial charge < -0.3 is 32.8 Å². The molecule has 6 atom stereocenters. The van der Waals surface area contributed by atoms with Crippen LogP contribution in [0.15, 0.2) is 53.6 Å². The lowest BCUT2D eigenvalue weighted by Gasteiger charge is -2.50. The van der Waals surface area contributed by atoms with Crippen LogP contribution in [0.2, 0.25) is 18.1 Å². The van der Waals surface area contributed by atoms with E-state index in [-0.39, 0.29) is 18.3 Å². The van der Waals surface area contributed by atoms with E-state index in [1.807, 2.05) is 24.3 Å². The van der Waals surface area contributed by atoms with Crippen LogP contribution in [-0.2, 0) is 34.8 Å². The first-order valence-electron chi connectivity index (χ1n) is 13.6. The zero-order valence-corrected chi connectivity index (χ0v) is 25.6. The van der Waals surface area contributed by atoms with E-state index >= 15 is 0 Å². The summed E-state index contributed by atoms with van der Waals surface area (Å²) in [5.41, 5.74) is 11.2. The molecule has 2 aromatic carbocycles. The quantitative estimate of drug-likeness (QED) is 0.0869. The van der Waals surface area contributed by atoms with Crippen molar-refractivity contribution < 1.29 is 37.6 Å². The average molecular weight is 586 g/mol. The fraction of sp³-hybridized carbons (Fsp3) is 0.552. The Balaban J connectivity index is 1.61. The largest absolute Gasteiger partial charge is 0.497 e. The maximum atomic E-state index is 11.3. The van der Waals surface area contributed by atoms with Crippen molar-refractivity contribution in [2.75, 3.05) is 13.7 Å². The summed E-state index contributed by atoms with van der Waals surface area (Å²) >= 11 is 0. The maximum Gasteiger partial charge on any atom is 0.308 e. The zero-order chi connectivity index (χ0) is 29.8. The lowest BCUT2D eigenvalue weighted by atomic mass is 9.96. The molecule has 0 unspecified atom stereocenters. The third kappa shape index (κ3) is 7.47. The van der Waals surface area contributed by atoms with Crippen LogP contribution in [0.25, 0.3) is 10.4 Å². The van der Waals surface area contributed by atoms with Gasteiger partial charge in [0.05, 0.1) is 20.3 Å². The third-order valence-electron chi connectivity index (χ3n) is 7.72. The molecule has 0 aromatic heterocycles. The molecule has 2 aliphatic rings. The van der Waals surface area contributed by atoms with Gasteiger partial charge in [0.2, 0.25) is 0 Å². The molecule has 11 nitrogen and oxygen atoms in total. The van der Waals surface area contributed by atoms with Crippen LogP contribution in [0.5, 0.6) is 11.5 Å². The minimum atomic E-state index is -2.33. The van der Waals surface area contributed by atoms with E-state index < -0.39 is 51.2 Å². The average Bonchev–Trinajstić information content (AvgIpc) is 2.92. The van der Waals surface area contributed by atoms with E-state index in [1.165, 1.54) is 6.92 Å². The lowest BCUT2D eigenvalue weighted by Crippen LogP contribution is -2.64. The van der Waals surface area contributed by atoms with Crippen molar-refractivity contribution in [3.63, 3.8) is 0 Å². The van der Waals surface area contributed by atoms with Crippen molar-refractivity contribution in [1.82, 2.24) is 0 Å². The molecule has 2 heterocycles. The number of carbonyl (C=O) groups is 1. The Hall–Kier alpha value is -2.96. The smallest absolute Gasteiger partial charge is 0.308 e. The minimum Gasteiger partial charge on any atom is -0.497 e. The molecular formula is C29H39N3O8Si. The summed E-state index contributed by atoms with van der Waals surface area (Å²) in [6.45, 7) is 12.4. The van der Waals surface area contributed by atoms with Crippen molar-refractivity contribution in [2.24, 2.45) is 5.11 Å². The summed E-state index contributed by atoms with van der Waals surface area (Å²) in [5, 5.41) is 4.02.